The number of carbonyl (C=O) groups excluding carboxylic acids is 1. The Labute approximate surface area is 220 Å². The molecular weight excluding hydrogens is 495 g/mol. The van der Waals surface area contributed by atoms with E-state index in [1.165, 1.54) is 18.5 Å². The maximum atomic E-state index is 13.6. The lowest BCUT2D eigenvalue weighted by Crippen LogP contribution is -2.44. The SMILES string of the molecule is CN1CCN(CC#CC(=O)Nc2cc3c(Nc4ccc(F)c(Cl)c4)ncnc3cc2OCC2CC2)CC1. The van der Waals surface area contributed by atoms with Gasteiger partial charge in [0, 0.05) is 43.3 Å². The molecule has 2 fully saturated rings. The van der Waals surface area contributed by atoms with Crippen LogP contribution in [0.25, 0.3) is 10.9 Å². The third-order valence-corrected chi connectivity index (χ3v) is 6.73. The number of carbonyl (C=O) groups is 1. The van der Waals surface area contributed by atoms with Crippen LogP contribution in [0.3, 0.4) is 0 Å². The monoisotopic (exact) mass is 522 g/mol. The molecule has 1 aromatic heterocycles. The van der Waals surface area contributed by atoms with Crippen LogP contribution in [0.1, 0.15) is 12.8 Å². The lowest BCUT2D eigenvalue weighted by molar-refractivity contribution is -0.111. The summed E-state index contributed by atoms with van der Waals surface area (Å²) < 4.78 is 19.6. The van der Waals surface area contributed by atoms with Crippen molar-refractivity contribution < 1.29 is 13.9 Å². The van der Waals surface area contributed by atoms with Crippen LogP contribution >= 0.6 is 11.6 Å². The normalized spacial score (nSPS) is 16.2. The fourth-order valence-corrected chi connectivity index (χ4v) is 4.18. The number of rotatable bonds is 7. The van der Waals surface area contributed by atoms with Crippen molar-refractivity contribution in [3.63, 3.8) is 0 Å². The second-order valence-corrected chi connectivity index (χ2v) is 9.84. The first kappa shape index (κ1) is 25.2. The molecule has 2 aliphatic rings. The summed E-state index contributed by atoms with van der Waals surface area (Å²) in [6, 6.07) is 7.89. The number of ether oxygens (including phenoxy) is 1. The molecule has 2 N–H and O–H groups in total. The molecular formula is C27H28ClFN6O2. The van der Waals surface area contributed by atoms with Crippen LogP contribution < -0.4 is 15.4 Å². The lowest BCUT2D eigenvalue weighted by atomic mass is 10.1. The fraction of sp³-hybridized carbons (Fsp3) is 0.370. The van der Waals surface area contributed by atoms with Crippen molar-refractivity contribution in [2.24, 2.45) is 5.92 Å². The summed E-state index contributed by atoms with van der Waals surface area (Å²) in [6.45, 7) is 4.99. The van der Waals surface area contributed by atoms with Gasteiger partial charge in [-0.3, -0.25) is 9.69 Å². The van der Waals surface area contributed by atoms with Crippen LogP contribution in [0.5, 0.6) is 5.75 Å². The second-order valence-electron chi connectivity index (χ2n) is 9.43. The number of hydrogen-bond donors (Lipinski definition) is 2. The van der Waals surface area contributed by atoms with Crippen LogP contribution in [-0.2, 0) is 4.79 Å². The summed E-state index contributed by atoms with van der Waals surface area (Å²) in [6.07, 6.45) is 3.72. The lowest BCUT2D eigenvalue weighted by Gasteiger charge is -2.30. The average molecular weight is 523 g/mol. The molecule has 1 aliphatic heterocycles. The van der Waals surface area contributed by atoms with Crippen LogP contribution in [0.2, 0.25) is 5.02 Å². The highest BCUT2D eigenvalue weighted by molar-refractivity contribution is 6.31. The fourth-order valence-electron chi connectivity index (χ4n) is 3.99. The number of nitrogens with zero attached hydrogens (tertiary/aromatic N) is 4. The Morgan fingerprint density at radius 1 is 1.19 bits per heavy atom. The van der Waals surface area contributed by atoms with E-state index in [-0.39, 0.29) is 5.02 Å². The van der Waals surface area contributed by atoms with Gasteiger partial charge in [0.15, 0.2) is 0 Å². The zero-order valence-electron chi connectivity index (χ0n) is 20.6. The van der Waals surface area contributed by atoms with E-state index in [9.17, 15) is 9.18 Å². The highest BCUT2D eigenvalue weighted by Crippen LogP contribution is 2.36. The quantitative estimate of drug-likeness (QED) is 0.451. The van der Waals surface area contributed by atoms with Gasteiger partial charge in [-0.2, -0.15) is 0 Å². The molecule has 1 aliphatic carbocycles. The Bertz CT molecular complexity index is 1360. The molecule has 0 radical (unpaired) electrons. The Morgan fingerprint density at radius 3 is 2.76 bits per heavy atom. The first-order valence-electron chi connectivity index (χ1n) is 12.3. The standard InChI is InChI=1S/C27H28ClFN6O2/c1-34-9-11-35(12-10-34)8-2-3-26(36)33-24-14-20-23(15-25(24)37-16-18-4-5-18)30-17-31-27(20)32-19-6-7-22(29)21(28)13-19/h6-7,13-15,17-18H,4-5,8-12,16H2,1H3,(H,33,36)(H,30,31,32). The van der Waals surface area contributed by atoms with E-state index in [2.05, 4.69) is 49.3 Å². The van der Waals surface area contributed by atoms with Gasteiger partial charge in [-0.15, -0.1) is 0 Å². The van der Waals surface area contributed by atoms with E-state index >= 15 is 0 Å². The number of benzene rings is 2. The van der Waals surface area contributed by atoms with Crippen LogP contribution in [-0.4, -0.2) is 72.1 Å². The number of anilines is 3. The molecule has 1 amide bonds. The van der Waals surface area contributed by atoms with Crippen molar-refractivity contribution in [1.29, 1.82) is 0 Å². The molecule has 0 unspecified atom stereocenters. The summed E-state index contributed by atoms with van der Waals surface area (Å²) in [5, 5.41) is 6.69. The molecule has 37 heavy (non-hydrogen) atoms. The van der Waals surface area contributed by atoms with Gasteiger partial charge in [-0.05, 0) is 56.0 Å². The first-order chi connectivity index (χ1) is 17.9. The van der Waals surface area contributed by atoms with E-state index < -0.39 is 11.7 Å². The van der Waals surface area contributed by atoms with E-state index in [0.29, 0.717) is 52.9 Å². The number of aromatic nitrogens is 2. The molecule has 5 rings (SSSR count). The molecule has 0 spiro atoms. The number of piperazine rings is 1. The zero-order valence-corrected chi connectivity index (χ0v) is 21.3. The van der Waals surface area contributed by atoms with Gasteiger partial charge < -0.3 is 20.3 Å². The average Bonchev–Trinajstić information content (AvgIpc) is 3.71. The van der Waals surface area contributed by atoms with Gasteiger partial charge in [0.05, 0.1) is 29.4 Å². The van der Waals surface area contributed by atoms with Gasteiger partial charge in [-0.1, -0.05) is 17.5 Å². The van der Waals surface area contributed by atoms with Crippen molar-refractivity contribution >= 4 is 45.6 Å². The van der Waals surface area contributed by atoms with E-state index in [4.69, 9.17) is 16.3 Å². The highest BCUT2D eigenvalue weighted by Gasteiger charge is 2.23. The van der Waals surface area contributed by atoms with Crippen molar-refractivity contribution in [2.45, 2.75) is 12.8 Å². The predicted octanol–water partition coefficient (Wildman–Crippen LogP) is 4.14. The summed E-state index contributed by atoms with van der Waals surface area (Å²) in [5.74, 6) is 6.32. The number of amides is 1. The molecule has 2 heterocycles. The Balaban J connectivity index is 1.37. The molecule has 192 valence electrons. The number of likely N-dealkylation sites (N-methyl/N-ethyl adjacent to an activating group) is 1. The Kier molecular flexibility index (Phi) is 7.70. The number of fused-ring (bicyclic) bond motifs is 1. The summed E-state index contributed by atoms with van der Waals surface area (Å²) in [7, 11) is 2.10. The number of nitrogens with one attached hydrogen (secondary N) is 2. The number of halogens is 2. The van der Waals surface area contributed by atoms with Crippen LogP contribution in [0.4, 0.5) is 21.6 Å². The summed E-state index contributed by atoms with van der Waals surface area (Å²) in [4.78, 5) is 26.0. The number of hydrogen-bond acceptors (Lipinski definition) is 7. The van der Waals surface area contributed by atoms with Gasteiger partial charge in [-0.25, -0.2) is 14.4 Å². The highest BCUT2D eigenvalue weighted by atomic mass is 35.5. The minimum atomic E-state index is -0.504. The zero-order chi connectivity index (χ0) is 25.8. The minimum Gasteiger partial charge on any atom is -0.491 e. The molecule has 0 bridgehead atoms. The molecule has 3 aromatic rings. The van der Waals surface area contributed by atoms with Crippen LogP contribution in [0.15, 0.2) is 36.7 Å². The third kappa shape index (κ3) is 6.66. The van der Waals surface area contributed by atoms with E-state index in [1.54, 1.807) is 18.2 Å². The molecule has 0 atom stereocenters. The summed E-state index contributed by atoms with van der Waals surface area (Å²) in [5.41, 5.74) is 1.69. The summed E-state index contributed by atoms with van der Waals surface area (Å²) >= 11 is 5.93. The van der Waals surface area contributed by atoms with E-state index in [1.807, 2.05) is 0 Å². The third-order valence-electron chi connectivity index (χ3n) is 6.44. The van der Waals surface area contributed by atoms with Gasteiger partial charge >= 0.3 is 0 Å². The van der Waals surface area contributed by atoms with Crippen molar-refractivity contribution in [3.05, 3.63) is 47.5 Å². The smallest absolute Gasteiger partial charge is 0.300 e. The molecule has 8 nitrogen and oxygen atoms in total. The van der Waals surface area contributed by atoms with Gasteiger partial charge in [0.2, 0.25) is 0 Å². The molecule has 10 heteroatoms. The predicted molar refractivity (Wildman–Crippen MR) is 143 cm³/mol. The minimum absolute atomic E-state index is 0.00206. The Hall–Kier alpha value is -3.45. The largest absolute Gasteiger partial charge is 0.491 e. The van der Waals surface area contributed by atoms with Gasteiger partial charge in [0.25, 0.3) is 5.91 Å². The van der Waals surface area contributed by atoms with Crippen molar-refractivity contribution in [2.75, 3.05) is 57.0 Å². The van der Waals surface area contributed by atoms with E-state index in [0.717, 1.165) is 39.0 Å². The first-order valence-corrected chi connectivity index (χ1v) is 12.7. The second kappa shape index (κ2) is 11.3. The van der Waals surface area contributed by atoms with Crippen LogP contribution in [0, 0.1) is 23.6 Å². The molecule has 1 saturated carbocycles. The molecule has 2 aromatic carbocycles. The Morgan fingerprint density at radius 2 is 2.00 bits per heavy atom. The maximum Gasteiger partial charge on any atom is 0.300 e. The van der Waals surface area contributed by atoms with Crippen molar-refractivity contribution in [3.8, 4) is 17.6 Å². The molecule has 1 saturated heterocycles. The van der Waals surface area contributed by atoms with Gasteiger partial charge in [0.1, 0.15) is 23.7 Å². The van der Waals surface area contributed by atoms with Crippen molar-refractivity contribution in [1.82, 2.24) is 19.8 Å². The topological polar surface area (TPSA) is 82.6 Å². The maximum absolute atomic E-state index is 13.6.